The summed E-state index contributed by atoms with van der Waals surface area (Å²) in [7, 11) is 0. The first-order chi connectivity index (χ1) is 7.50. The van der Waals surface area contributed by atoms with Gasteiger partial charge in [0.15, 0.2) is 5.11 Å². The van der Waals surface area contributed by atoms with E-state index >= 15 is 0 Å². The minimum Gasteiger partial charge on any atom is -0.375 e. The van der Waals surface area contributed by atoms with Crippen molar-refractivity contribution in [2.45, 2.75) is 0 Å². The number of hydrazone groups is 1. The molecule has 0 heterocycles. The van der Waals surface area contributed by atoms with Gasteiger partial charge in [0.05, 0.1) is 11.1 Å². The molecule has 0 fully saturated rings. The highest BCUT2D eigenvalue weighted by molar-refractivity contribution is 7.80. The van der Waals surface area contributed by atoms with Gasteiger partial charge in [0.1, 0.15) is 5.82 Å². The van der Waals surface area contributed by atoms with Gasteiger partial charge in [-0.15, -0.1) is 0 Å². The summed E-state index contributed by atoms with van der Waals surface area (Å²) in [6, 6.07) is 3.11. The molecule has 16 heavy (non-hydrogen) atoms. The molecule has 0 saturated carbocycles. The second kappa shape index (κ2) is 5.12. The number of thiocarbonyl (C=S) groups is 1. The molecule has 0 atom stereocenters. The average Bonchev–Trinajstić information content (AvgIpc) is 2.20. The highest BCUT2D eigenvalue weighted by atomic mass is 32.1. The normalized spacial score (nSPS) is 10.3. The van der Waals surface area contributed by atoms with Gasteiger partial charge in [-0.3, -0.25) is 15.5 Å². The number of nitrogens with one attached hydrogen (secondary N) is 1. The summed E-state index contributed by atoms with van der Waals surface area (Å²) < 4.78 is 13.2. The SMILES string of the molecule is NC(=S)N/N=C/c1cc([N+](=O)[O-])ccc1F. The Morgan fingerprint density at radius 2 is 2.38 bits per heavy atom. The first kappa shape index (κ1) is 12.0. The maximum absolute atomic E-state index is 13.2. The van der Waals surface area contributed by atoms with E-state index in [0.717, 1.165) is 24.4 Å². The largest absolute Gasteiger partial charge is 0.375 e. The number of nitrogens with zero attached hydrogens (tertiary/aromatic N) is 2. The van der Waals surface area contributed by atoms with Gasteiger partial charge >= 0.3 is 0 Å². The van der Waals surface area contributed by atoms with Gasteiger partial charge in [-0.2, -0.15) is 5.10 Å². The average molecular weight is 242 g/mol. The molecule has 6 nitrogen and oxygen atoms in total. The molecule has 0 aromatic heterocycles. The molecular formula is C8H7FN4O2S. The molecule has 1 aromatic rings. The van der Waals surface area contributed by atoms with Crippen molar-refractivity contribution in [1.82, 2.24) is 5.43 Å². The fourth-order valence-electron chi connectivity index (χ4n) is 0.909. The molecule has 0 spiro atoms. The van der Waals surface area contributed by atoms with Gasteiger partial charge in [0.25, 0.3) is 5.69 Å². The summed E-state index contributed by atoms with van der Waals surface area (Å²) >= 11 is 4.46. The molecule has 84 valence electrons. The zero-order valence-corrected chi connectivity index (χ0v) is 8.70. The van der Waals surface area contributed by atoms with Crippen LogP contribution in [0.4, 0.5) is 10.1 Å². The first-order valence-electron chi connectivity index (χ1n) is 4.03. The minimum atomic E-state index is -0.627. The second-order valence-electron chi connectivity index (χ2n) is 2.70. The van der Waals surface area contributed by atoms with Gasteiger partial charge in [0.2, 0.25) is 0 Å². The number of halogens is 1. The van der Waals surface area contributed by atoms with Crippen LogP contribution in [0.1, 0.15) is 5.56 Å². The number of benzene rings is 1. The molecule has 0 bridgehead atoms. The summed E-state index contributed by atoms with van der Waals surface area (Å²) in [6.07, 6.45) is 1.06. The van der Waals surface area contributed by atoms with Crippen molar-refractivity contribution in [2.24, 2.45) is 10.8 Å². The lowest BCUT2D eigenvalue weighted by Gasteiger charge is -1.97. The molecule has 3 N–H and O–H groups in total. The van der Waals surface area contributed by atoms with Crippen molar-refractivity contribution >= 4 is 29.2 Å². The molecular weight excluding hydrogens is 235 g/mol. The van der Waals surface area contributed by atoms with Gasteiger partial charge in [-0.25, -0.2) is 4.39 Å². The highest BCUT2D eigenvalue weighted by Gasteiger charge is 2.08. The van der Waals surface area contributed by atoms with E-state index in [4.69, 9.17) is 5.73 Å². The van der Waals surface area contributed by atoms with E-state index in [-0.39, 0.29) is 16.4 Å². The van der Waals surface area contributed by atoms with Gasteiger partial charge in [-0.05, 0) is 18.3 Å². The third-order valence-electron chi connectivity index (χ3n) is 1.57. The van der Waals surface area contributed by atoms with Crippen LogP contribution in [0.25, 0.3) is 0 Å². The van der Waals surface area contributed by atoms with E-state index in [1.165, 1.54) is 0 Å². The van der Waals surface area contributed by atoms with Gasteiger partial charge in [0, 0.05) is 17.7 Å². The number of hydrogen-bond donors (Lipinski definition) is 2. The third kappa shape index (κ3) is 3.24. The van der Waals surface area contributed by atoms with E-state index in [9.17, 15) is 14.5 Å². The molecule has 8 heteroatoms. The monoisotopic (exact) mass is 242 g/mol. The van der Waals surface area contributed by atoms with Gasteiger partial charge < -0.3 is 5.73 Å². The molecule has 0 aliphatic heterocycles. The van der Waals surface area contributed by atoms with Crippen LogP contribution < -0.4 is 11.2 Å². The maximum atomic E-state index is 13.2. The third-order valence-corrected chi connectivity index (χ3v) is 1.66. The Hall–Kier alpha value is -2.09. The molecule has 0 radical (unpaired) electrons. The maximum Gasteiger partial charge on any atom is 0.270 e. The molecule has 0 amide bonds. The summed E-state index contributed by atoms with van der Waals surface area (Å²) in [4.78, 5) is 9.80. The zero-order chi connectivity index (χ0) is 12.1. The first-order valence-corrected chi connectivity index (χ1v) is 4.44. The number of nitro groups is 1. The van der Waals surface area contributed by atoms with E-state index in [1.54, 1.807) is 0 Å². The van der Waals surface area contributed by atoms with Crippen LogP contribution in [0.5, 0.6) is 0 Å². The Bertz CT molecular complexity index is 463. The number of rotatable bonds is 3. The molecule has 0 aliphatic carbocycles. The van der Waals surface area contributed by atoms with Crippen LogP contribution in [0.2, 0.25) is 0 Å². The lowest BCUT2D eigenvalue weighted by atomic mass is 10.2. The number of non-ortho nitro benzene ring substituents is 1. The van der Waals surface area contributed by atoms with Crippen LogP contribution in [0, 0.1) is 15.9 Å². The van der Waals surface area contributed by atoms with Crippen molar-refractivity contribution in [3.8, 4) is 0 Å². The molecule has 1 rings (SSSR count). The highest BCUT2D eigenvalue weighted by Crippen LogP contribution is 2.14. The van der Waals surface area contributed by atoms with E-state index in [1.807, 2.05) is 0 Å². The number of hydrogen-bond acceptors (Lipinski definition) is 4. The predicted octanol–water partition coefficient (Wildman–Crippen LogP) is 0.901. The van der Waals surface area contributed by atoms with Crippen molar-refractivity contribution in [1.29, 1.82) is 0 Å². The van der Waals surface area contributed by atoms with Crippen LogP contribution in [0.3, 0.4) is 0 Å². The summed E-state index contributed by atoms with van der Waals surface area (Å²) in [6.45, 7) is 0. The summed E-state index contributed by atoms with van der Waals surface area (Å²) in [5.41, 5.74) is 7.04. The number of nitro benzene ring substituents is 1. The zero-order valence-electron chi connectivity index (χ0n) is 7.88. The fraction of sp³-hybridized carbons (Fsp3) is 0. The van der Waals surface area contributed by atoms with Gasteiger partial charge in [-0.1, -0.05) is 0 Å². The Labute approximate surface area is 95.1 Å². The Morgan fingerprint density at radius 1 is 1.69 bits per heavy atom. The molecule has 0 unspecified atom stereocenters. The molecule has 1 aromatic carbocycles. The number of nitrogens with two attached hydrogens (primary N) is 1. The van der Waals surface area contributed by atoms with Crippen LogP contribution in [-0.2, 0) is 0 Å². The Kier molecular flexibility index (Phi) is 3.84. The van der Waals surface area contributed by atoms with E-state index in [0.29, 0.717) is 0 Å². The lowest BCUT2D eigenvalue weighted by Crippen LogP contribution is -2.24. The Balaban J connectivity index is 2.94. The quantitative estimate of drug-likeness (QED) is 0.355. The summed E-state index contributed by atoms with van der Waals surface area (Å²) in [5.74, 6) is -0.626. The van der Waals surface area contributed by atoms with Crippen LogP contribution in [-0.4, -0.2) is 16.3 Å². The van der Waals surface area contributed by atoms with E-state index in [2.05, 4.69) is 22.7 Å². The Morgan fingerprint density at radius 3 is 2.94 bits per heavy atom. The topological polar surface area (TPSA) is 93.5 Å². The lowest BCUT2D eigenvalue weighted by molar-refractivity contribution is -0.384. The standard InChI is InChI=1S/C8H7FN4O2S/c9-7-2-1-6(13(14)15)3-5(7)4-11-12-8(10)16/h1-4H,(H3,10,12,16)/b11-4+. The smallest absolute Gasteiger partial charge is 0.270 e. The van der Waals surface area contributed by atoms with Crippen LogP contribution >= 0.6 is 12.2 Å². The van der Waals surface area contributed by atoms with Crippen molar-refractivity contribution in [3.05, 3.63) is 39.7 Å². The van der Waals surface area contributed by atoms with Crippen molar-refractivity contribution < 1.29 is 9.31 Å². The van der Waals surface area contributed by atoms with Crippen molar-refractivity contribution in [2.75, 3.05) is 0 Å². The van der Waals surface area contributed by atoms with Crippen molar-refractivity contribution in [3.63, 3.8) is 0 Å². The summed E-state index contributed by atoms with van der Waals surface area (Å²) in [5, 5.41) is 13.8. The van der Waals surface area contributed by atoms with Crippen LogP contribution in [0.15, 0.2) is 23.3 Å². The molecule has 0 aliphatic rings. The second-order valence-corrected chi connectivity index (χ2v) is 3.14. The molecule has 0 saturated heterocycles. The minimum absolute atomic E-state index is 0.0297. The van der Waals surface area contributed by atoms with E-state index < -0.39 is 10.7 Å². The predicted molar refractivity (Wildman–Crippen MR) is 60.6 cm³/mol. The fourth-order valence-corrected chi connectivity index (χ4v) is 0.962.